The molecule has 0 rings (SSSR count). The van der Waals surface area contributed by atoms with Crippen molar-refractivity contribution in [2.24, 2.45) is 5.28 Å². The molecule has 0 fully saturated rings. The van der Waals surface area contributed by atoms with Crippen LogP contribution in [0.25, 0.3) is 0 Å². The molecule has 0 atom stereocenters. The lowest BCUT2D eigenvalue weighted by atomic mass is 13.1. The molecule has 0 bridgehead atoms. The topological polar surface area (TPSA) is 73.1 Å². The fourth-order valence-electron chi connectivity index (χ4n) is 0.0381. The van der Waals surface area contributed by atoms with Crippen LogP contribution in [0.3, 0.4) is 0 Å². The Morgan fingerprint density at radius 3 is 2.57 bits per heavy atom. The second kappa shape index (κ2) is 5.57. The predicted molar refractivity (Wildman–Crippen MR) is 15.3 cm³/mol. The van der Waals surface area contributed by atoms with Crippen molar-refractivity contribution < 1.29 is 19.5 Å². The molecule has 0 aliphatic rings. The molecule has 0 radical (unpaired) electrons. The van der Waals surface area contributed by atoms with E-state index < -0.39 is 0 Å². The van der Waals surface area contributed by atoms with Crippen LogP contribution in [0.1, 0.15) is 0 Å². The number of nitrogens with one attached hydrogen (secondary N) is 1. The largest absolute Gasteiger partial charge is 0.166 e. The monoisotopic (exact) mass is 128 g/mol. The average molecular weight is 128 g/mol. The molecule has 0 aromatic rings. The molecule has 0 saturated heterocycles. The molecule has 0 spiro atoms. The van der Waals surface area contributed by atoms with Crippen molar-refractivity contribution in [2.75, 3.05) is 0 Å². The molecule has 0 aromatic carbocycles. The lowest BCUT2D eigenvalue weighted by molar-refractivity contribution is -0.612. The normalized spacial score (nSPS) is 8.14. The van der Waals surface area contributed by atoms with E-state index in [9.17, 15) is 0 Å². The van der Waals surface area contributed by atoms with Crippen molar-refractivity contribution in [1.29, 1.82) is 5.53 Å². The van der Waals surface area contributed by atoms with Crippen LogP contribution in [0.4, 0.5) is 0 Å². The predicted octanol–water partition coefficient (Wildman–Crippen LogP) is 0.898. The smallest absolute Gasteiger partial charge is 0.103 e. The van der Waals surface area contributed by atoms with Gasteiger partial charge in [-0.15, -0.1) is 0 Å². The van der Waals surface area contributed by atoms with Crippen molar-refractivity contribution in [1.82, 2.24) is 0 Å². The Bertz CT molecular complexity index is 47.0. The summed E-state index contributed by atoms with van der Waals surface area (Å²) >= 11 is 4.41. The summed E-state index contributed by atoms with van der Waals surface area (Å²) < 4.78 is 3.33. The van der Waals surface area contributed by atoms with Gasteiger partial charge < -0.3 is 0 Å². The highest BCUT2D eigenvalue weighted by Gasteiger charge is 1.80. The first-order chi connectivity index (χ1) is 3.41. The van der Waals surface area contributed by atoms with E-state index in [0.717, 1.165) is 0 Å². The highest BCUT2D eigenvalue weighted by Crippen LogP contribution is 1.84. The average Bonchev–Trinajstić information content (AvgIpc) is 1.69. The lowest BCUT2D eigenvalue weighted by Gasteiger charge is -1.85. The Morgan fingerprint density at radius 2 is 2.14 bits per heavy atom. The molecule has 0 unspecified atom stereocenters. The molecule has 7 heteroatoms. The van der Waals surface area contributed by atoms with Crippen molar-refractivity contribution in [2.45, 2.75) is 0 Å². The number of halogens is 1. The maximum absolute atomic E-state index is 5.88. The maximum atomic E-state index is 5.88. The van der Waals surface area contributed by atoms with Crippen molar-refractivity contribution in [3.05, 3.63) is 0 Å². The zero-order chi connectivity index (χ0) is 5.54. The van der Waals surface area contributed by atoms with Gasteiger partial charge in [-0.1, -0.05) is 4.44 Å². The van der Waals surface area contributed by atoms with Gasteiger partial charge in [-0.05, 0) is 5.04 Å². The molecular formula is HClN2O4. The molecule has 0 aliphatic heterocycles. The Hall–Kier alpha value is -0.430. The second-order valence-electron chi connectivity index (χ2n) is 0.365. The third kappa shape index (κ3) is 5.57. The van der Waals surface area contributed by atoms with E-state index in [4.69, 9.17) is 5.53 Å². The van der Waals surface area contributed by atoms with Gasteiger partial charge in [0.2, 0.25) is 0 Å². The van der Waals surface area contributed by atoms with Gasteiger partial charge in [-0.25, -0.2) is 0 Å². The van der Waals surface area contributed by atoms with Crippen LogP contribution in [0.2, 0.25) is 0 Å². The van der Waals surface area contributed by atoms with E-state index in [2.05, 4.69) is 36.6 Å². The third-order valence-electron chi connectivity index (χ3n) is 0.121. The SMILES string of the molecule is N=NOOOOCl. The second-order valence-corrected chi connectivity index (χ2v) is 0.491. The van der Waals surface area contributed by atoms with Crippen LogP contribution in [0.5, 0.6) is 0 Å². The summed E-state index contributed by atoms with van der Waals surface area (Å²) in [6.45, 7) is 0. The van der Waals surface area contributed by atoms with Crippen molar-refractivity contribution in [3.63, 3.8) is 0 Å². The molecule has 0 aromatic heterocycles. The van der Waals surface area contributed by atoms with Crippen LogP contribution in [-0.4, -0.2) is 0 Å². The summed E-state index contributed by atoms with van der Waals surface area (Å²) in [4.78, 5) is 3.43. The molecule has 42 valence electrons. The molecule has 7 heavy (non-hydrogen) atoms. The highest BCUT2D eigenvalue weighted by atomic mass is 35.5. The molecule has 0 amide bonds. The molecule has 0 saturated carbocycles. The van der Waals surface area contributed by atoms with Crippen molar-refractivity contribution >= 4 is 11.9 Å². The van der Waals surface area contributed by atoms with E-state index >= 15 is 0 Å². The van der Waals surface area contributed by atoms with Crippen LogP contribution in [-0.2, 0) is 19.5 Å². The Balaban J connectivity index is 2.56. The Labute approximate surface area is 43.3 Å². The molecule has 1 N–H and O–H groups in total. The van der Waals surface area contributed by atoms with Crippen LogP contribution < -0.4 is 0 Å². The van der Waals surface area contributed by atoms with E-state index in [1.165, 1.54) is 0 Å². The van der Waals surface area contributed by atoms with Gasteiger partial charge >= 0.3 is 0 Å². The third-order valence-corrected chi connectivity index (χ3v) is 0.173. The van der Waals surface area contributed by atoms with Gasteiger partial charge in [0.05, 0.1) is 5.28 Å². The zero-order valence-electron chi connectivity index (χ0n) is 2.96. The minimum Gasteiger partial charge on any atom is -0.166 e. The minimum atomic E-state index is 2.24. The molecule has 0 aliphatic carbocycles. The fourth-order valence-corrected chi connectivity index (χ4v) is 0.0591. The highest BCUT2D eigenvalue weighted by molar-refractivity contribution is 6.06. The summed E-state index contributed by atoms with van der Waals surface area (Å²) in [6.07, 6.45) is 0. The first-order valence-electron chi connectivity index (χ1n) is 1.06. The van der Waals surface area contributed by atoms with Gasteiger partial charge in [-0.3, -0.25) is 0 Å². The molecule has 0 heterocycles. The number of rotatable bonds is 4. The summed E-state index contributed by atoms with van der Waals surface area (Å²) in [5, 5.41) is 9.06. The van der Waals surface area contributed by atoms with Gasteiger partial charge in [-0.2, -0.15) is 10.5 Å². The summed E-state index contributed by atoms with van der Waals surface area (Å²) in [5.74, 6) is 0. The number of hydrogen-bond donors (Lipinski definition) is 1. The Morgan fingerprint density at radius 1 is 1.43 bits per heavy atom. The van der Waals surface area contributed by atoms with Gasteiger partial charge in [0.15, 0.2) is 0 Å². The summed E-state index contributed by atoms with van der Waals surface area (Å²) in [7, 11) is 0. The Kier molecular flexibility index (Phi) is 5.23. The minimum absolute atomic E-state index is 2.24. The molecular weight excluding hydrogens is 127 g/mol. The molecule has 6 nitrogen and oxygen atoms in total. The standard InChI is InChI=1S/ClHN2O4/c1-4-6-7-5-3-2/h2H. The van der Waals surface area contributed by atoms with Crippen LogP contribution >= 0.6 is 11.9 Å². The van der Waals surface area contributed by atoms with Gasteiger partial charge in [0.25, 0.3) is 0 Å². The fraction of sp³-hybridized carbons (Fsp3) is 0. The zero-order valence-corrected chi connectivity index (χ0v) is 3.71. The maximum Gasteiger partial charge on any atom is 0.103 e. The first kappa shape index (κ1) is 6.57. The van der Waals surface area contributed by atoms with E-state index in [1.54, 1.807) is 0 Å². The lowest BCUT2D eigenvalue weighted by Crippen LogP contribution is -1.84. The van der Waals surface area contributed by atoms with Gasteiger partial charge in [0.1, 0.15) is 11.9 Å². The quantitative estimate of drug-likeness (QED) is 0.264. The van der Waals surface area contributed by atoms with Crippen LogP contribution in [0.15, 0.2) is 5.28 Å². The number of nitrogens with zero attached hydrogens (tertiary/aromatic N) is 1. The summed E-state index contributed by atoms with van der Waals surface area (Å²) in [5.41, 5.74) is 5.88. The van der Waals surface area contributed by atoms with Crippen molar-refractivity contribution in [3.8, 4) is 0 Å². The van der Waals surface area contributed by atoms with Crippen LogP contribution in [0, 0.1) is 5.53 Å². The van der Waals surface area contributed by atoms with E-state index in [0.29, 0.717) is 0 Å². The first-order valence-corrected chi connectivity index (χ1v) is 1.37. The van der Waals surface area contributed by atoms with E-state index in [1.807, 2.05) is 0 Å². The number of hydrogen-bond acceptors (Lipinski definition) is 6. The van der Waals surface area contributed by atoms with Gasteiger partial charge in [0, 0.05) is 5.04 Å². The summed E-state index contributed by atoms with van der Waals surface area (Å²) in [6, 6.07) is 0. The van der Waals surface area contributed by atoms with E-state index in [-0.39, 0.29) is 0 Å².